The normalized spacial score (nSPS) is 14.8. The molecule has 0 bridgehead atoms. The third-order valence-electron chi connectivity index (χ3n) is 2.74. The summed E-state index contributed by atoms with van der Waals surface area (Å²) in [6.45, 7) is 3.85. The summed E-state index contributed by atoms with van der Waals surface area (Å²) in [6.07, 6.45) is 12.2. The van der Waals surface area contributed by atoms with E-state index in [2.05, 4.69) is 49.1 Å². The van der Waals surface area contributed by atoms with Gasteiger partial charge in [-0.3, -0.25) is 0 Å². The molecular weight excluding hydrogens is 180 g/mol. The summed E-state index contributed by atoms with van der Waals surface area (Å²) in [5, 5.41) is 0. The maximum absolute atomic E-state index is 3.85. The van der Waals surface area contributed by atoms with E-state index in [4.69, 9.17) is 0 Å². The zero-order valence-electron chi connectivity index (χ0n) is 8.95. The van der Waals surface area contributed by atoms with Gasteiger partial charge >= 0.3 is 0 Å². The third kappa shape index (κ3) is 2.47. The molecule has 0 atom stereocenters. The van der Waals surface area contributed by atoms with Gasteiger partial charge in [0.15, 0.2) is 0 Å². The number of hydrogen-bond donors (Lipinski definition) is 0. The highest BCUT2D eigenvalue weighted by molar-refractivity contribution is 5.53. The van der Waals surface area contributed by atoms with Gasteiger partial charge in [0, 0.05) is 0 Å². The predicted molar refractivity (Wildman–Crippen MR) is 66.7 cm³/mol. The molecule has 0 heteroatoms. The summed E-state index contributed by atoms with van der Waals surface area (Å²) < 4.78 is 0. The lowest BCUT2D eigenvalue weighted by Crippen LogP contribution is -1.93. The maximum atomic E-state index is 3.85. The van der Waals surface area contributed by atoms with Crippen LogP contribution in [-0.4, -0.2) is 0 Å². The van der Waals surface area contributed by atoms with Crippen LogP contribution in [0.3, 0.4) is 0 Å². The summed E-state index contributed by atoms with van der Waals surface area (Å²) >= 11 is 0. The van der Waals surface area contributed by atoms with E-state index in [9.17, 15) is 0 Å². The van der Waals surface area contributed by atoms with E-state index in [1.807, 2.05) is 6.08 Å². The fraction of sp³-hybridized carbons (Fsp3) is 0.200. The fourth-order valence-electron chi connectivity index (χ4n) is 1.91. The van der Waals surface area contributed by atoms with Crippen molar-refractivity contribution in [1.82, 2.24) is 0 Å². The minimum Gasteiger partial charge on any atom is -0.0985 e. The van der Waals surface area contributed by atoms with Gasteiger partial charge in [-0.25, -0.2) is 0 Å². The van der Waals surface area contributed by atoms with Gasteiger partial charge in [0.25, 0.3) is 0 Å². The Morgan fingerprint density at radius 2 is 2.07 bits per heavy atom. The van der Waals surface area contributed by atoms with Gasteiger partial charge in [0.1, 0.15) is 0 Å². The topological polar surface area (TPSA) is 0 Å². The monoisotopic (exact) mass is 196 g/mol. The molecule has 0 unspecified atom stereocenters. The van der Waals surface area contributed by atoms with Gasteiger partial charge in [-0.2, -0.15) is 0 Å². The van der Waals surface area contributed by atoms with Gasteiger partial charge < -0.3 is 0 Å². The average Bonchev–Trinajstić information content (AvgIpc) is 2.31. The van der Waals surface area contributed by atoms with Crippen LogP contribution in [0.5, 0.6) is 0 Å². The Labute approximate surface area is 91.6 Å². The first-order valence-electron chi connectivity index (χ1n) is 5.46. The molecule has 2 rings (SSSR count). The molecule has 0 heterocycles. The summed E-state index contributed by atoms with van der Waals surface area (Å²) in [5.41, 5.74) is 4.04. The standard InChI is InChI=1S/C15H16/c1-2-14-10-6-7-11-15(14)12-13-8-4-3-5-9-13/h2,4,6-11H,1,3,5,12H2. The van der Waals surface area contributed by atoms with Crippen molar-refractivity contribution in [3.05, 3.63) is 65.8 Å². The molecule has 0 fully saturated rings. The van der Waals surface area contributed by atoms with Crippen LogP contribution in [0.4, 0.5) is 0 Å². The number of rotatable bonds is 3. The molecule has 0 aliphatic heterocycles. The first kappa shape index (κ1) is 9.97. The van der Waals surface area contributed by atoms with Crippen molar-refractivity contribution >= 4 is 6.08 Å². The number of benzene rings is 1. The van der Waals surface area contributed by atoms with Gasteiger partial charge in [0.2, 0.25) is 0 Å². The summed E-state index contributed by atoms with van der Waals surface area (Å²) in [6, 6.07) is 8.46. The van der Waals surface area contributed by atoms with E-state index in [1.165, 1.54) is 29.5 Å². The Hall–Kier alpha value is -1.56. The molecule has 0 saturated carbocycles. The molecule has 0 spiro atoms. The summed E-state index contributed by atoms with van der Waals surface area (Å²) in [4.78, 5) is 0. The largest absolute Gasteiger partial charge is 0.0985 e. The van der Waals surface area contributed by atoms with Gasteiger partial charge in [0.05, 0.1) is 0 Å². The van der Waals surface area contributed by atoms with Gasteiger partial charge in [-0.15, -0.1) is 0 Å². The SMILES string of the molecule is C=Cc1ccccc1CC1=CCCC=C1. The molecule has 76 valence electrons. The van der Waals surface area contributed by atoms with Crippen LogP contribution in [0.15, 0.2) is 54.6 Å². The van der Waals surface area contributed by atoms with Crippen LogP contribution in [0, 0.1) is 0 Å². The highest BCUT2D eigenvalue weighted by atomic mass is 14.1. The van der Waals surface area contributed by atoms with E-state index >= 15 is 0 Å². The Kier molecular flexibility index (Phi) is 3.18. The van der Waals surface area contributed by atoms with Gasteiger partial charge in [-0.05, 0) is 36.0 Å². The van der Waals surface area contributed by atoms with E-state index in [1.54, 1.807) is 0 Å². The Bertz CT molecular complexity index is 408. The molecule has 1 aliphatic rings. The van der Waals surface area contributed by atoms with Crippen molar-refractivity contribution in [2.24, 2.45) is 0 Å². The second kappa shape index (κ2) is 4.79. The Balaban J connectivity index is 2.20. The number of hydrogen-bond acceptors (Lipinski definition) is 0. The van der Waals surface area contributed by atoms with Crippen molar-refractivity contribution in [2.45, 2.75) is 19.3 Å². The van der Waals surface area contributed by atoms with Crippen molar-refractivity contribution < 1.29 is 0 Å². The molecule has 1 aromatic carbocycles. The molecule has 0 nitrogen and oxygen atoms in total. The van der Waals surface area contributed by atoms with Crippen molar-refractivity contribution in [3.8, 4) is 0 Å². The minimum atomic E-state index is 1.03. The van der Waals surface area contributed by atoms with Crippen LogP contribution in [0.1, 0.15) is 24.0 Å². The zero-order valence-corrected chi connectivity index (χ0v) is 8.95. The van der Waals surface area contributed by atoms with Crippen LogP contribution in [0.2, 0.25) is 0 Å². The molecular formula is C15H16. The molecule has 0 radical (unpaired) electrons. The molecule has 1 aromatic rings. The average molecular weight is 196 g/mol. The maximum Gasteiger partial charge on any atom is -0.00231 e. The third-order valence-corrected chi connectivity index (χ3v) is 2.74. The van der Waals surface area contributed by atoms with E-state index < -0.39 is 0 Å². The second-order valence-electron chi connectivity index (χ2n) is 3.84. The first-order valence-corrected chi connectivity index (χ1v) is 5.46. The highest BCUT2D eigenvalue weighted by Gasteiger charge is 2.02. The quantitative estimate of drug-likeness (QED) is 0.681. The molecule has 1 aliphatic carbocycles. The molecule has 0 N–H and O–H groups in total. The molecule has 0 aromatic heterocycles. The number of allylic oxidation sites excluding steroid dienone is 4. The molecule has 0 amide bonds. The van der Waals surface area contributed by atoms with Crippen LogP contribution in [-0.2, 0) is 6.42 Å². The van der Waals surface area contributed by atoms with Crippen molar-refractivity contribution in [2.75, 3.05) is 0 Å². The minimum absolute atomic E-state index is 1.03. The van der Waals surface area contributed by atoms with Gasteiger partial charge in [-0.1, -0.05) is 55.1 Å². The van der Waals surface area contributed by atoms with E-state index in [-0.39, 0.29) is 0 Å². The van der Waals surface area contributed by atoms with E-state index in [0.29, 0.717) is 0 Å². The Morgan fingerprint density at radius 3 is 2.80 bits per heavy atom. The van der Waals surface area contributed by atoms with Crippen LogP contribution >= 0.6 is 0 Å². The first-order chi connectivity index (χ1) is 7.40. The van der Waals surface area contributed by atoms with Crippen molar-refractivity contribution in [3.63, 3.8) is 0 Å². The predicted octanol–water partition coefficient (Wildman–Crippen LogP) is 4.15. The molecule has 0 saturated heterocycles. The lowest BCUT2D eigenvalue weighted by Gasteiger charge is -2.09. The molecule has 15 heavy (non-hydrogen) atoms. The smallest absolute Gasteiger partial charge is 0.00231 e. The fourth-order valence-corrected chi connectivity index (χ4v) is 1.91. The lowest BCUT2D eigenvalue weighted by molar-refractivity contribution is 0.993. The highest BCUT2D eigenvalue weighted by Crippen LogP contribution is 2.18. The Morgan fingerprint density at radius 1 is 1.20 bits per heavy atom. The van der Waals surface area contributed by atoms with Crippen molar-refractivity contribution in [1.29, 1.82) is 0 Å². The summed E-state index contributed by atoms with van der Waals surface area (Å²) in [5.74, 6) is 0. The lowest BCUT2D eigenvalue weighted by atomic mass is 9.96. The van der Waals surface area contributed by atoms with Crippen LogP contribution < -0.4 is 0 Å². The van der Waals surface area contributed by atoms with Crippen LogP contribution in [0.25, 0.3) is 6.08 Å². The zero-order chi connectivity index (χ0) is 10.5. The second-order valence-corrected chi connectivity index (χ2v) is 3.84. The van der Waals surface area contributed by atoms with E-state index in [0.717, 1.165) is 6.42 Å². The summed E-state index contributed by atoms with van der Waals surface area (Å²) in [7, 11) is 0.